The van der Waals surface area contributed by atoms with Crippen LogP contribution in [0.4, 0.5) is 0 Å². The van der Waals surface area contributed by atoms with Crippen molar-refractivity contribution in [2.24, 2.45) is 0 Å². The second-order valence-electron chi connectivity index (χ2n) is 8.85. The third kappa shape index (κ3) is 4.71. The van der Waals surface area contributed by atoms with E-state index in [1.54, 1.807) is 6.20 Å². The summed E-state index contributed by atoms with van der Waals surface area (Å²) in [5.41, 5.74) is 2.81. The highest BCUT2D eigenvalue weighted by Gasteiger charge is 2.27. The summed E-state index contributed by atoms with van der Waals surface area (Å²) in [6, 6.07) is 26.8. The third-order valence-electron chi connectivity index (χ3n) is 6.71. The fraction of sp³-hybridized carbons (Fsp3) is 0.321. The van der Waals surface area contributed by atoms with Gasteiger partial charge in [-0.3, -0.25) is 4.68 Å². The van der Waals surface area contributed by atoms with E-state index in [1.807, 2.05) is 16.9 Å². The molecular weight excluding hydrogens is 394 g/mol. The second kappa shape index (κ2) is 9.58. The first-order chi connectivity index (χ1) is 15.8. The van der Waals surface area contributed by atoms with Crippen LogP contribution in [0.1, 0.15) is 49.3 Å². The van der Waals surface area contributed by atoms with E-state index < -0.39 is 0 Å². The van der Waals surface area contributed by atoms with Gasteiger partial charge in [0.2, 0.25) is 0 Å². The van der Waals surface area contributed by atoms with Crippen LogP contribution >= 0.6 is 0 Å². The van der Waals surface area contributed by atoms with Gasteiger partial charge in [0, 0.05) is 24.5 Å². The number of nitrogens with one attached hydrogen (secondary N) is 1. The summed E-state index contributed by atoms with van der Waals surface area (Å²) >= 11 is 0. The second-order valence-corrected chi connectivity index (χ2v) is 8.85. The largest absolute Gasteiger partial charge is 0.492 e. The zero-order chi connectivity index (χ0) is 21.8. The minimum atomic E-state index is 0.343. The average molecular weight is 426 g/mol. The van der Waals surface area contributed by atoms with E-state index >= 15 is 0 Å². The van der Waals surface area contributed by atoms with Gasteiger partial charge in [0.15, 0.2) is 0 Å². The number of aromatic nitrogens is 2. The molecule has 1 saturated carbocycles. The molecule has 0 bridgehead atoms. The predicted octanol–water partition coefficient (Wildman–Crippen LogP) is 6.10. The summed E-state index contributed by atoms with van der Waals surface area (Å²) in [6.07, 6.45) is 7.40. The number of ether oxygens (including phenoxy) is 1. The highest BCUT2D eigenvalue weighted by atomic mass is 16.5. The number of rotatable bonds is 8. The van der Waals surface area contributed by atoms with Crippen LogP contribution in [0.15, 0.2) is 85.2 Å². The molecule has 1 aliphatic carbocycles. The summed E-state index contributed by atoms with van der Waals surface area (Å²) in [5.74, 6) is 1.54. The Hall–Kier alpha value is -3.11. The van der Waals surface area contributed by atoms with Gasteiger partial charge in [-0.15, -0.1) is 0 Å². The normalized spacial score (nSPS) is 19.3. The van der Waals surface area contributed by atoms with E-state index in [9.17, 15) is 0 Å². The molecule has 4 aromatic rings. The van der Waals surface area contributed by atoms with Gasteiger partial charge >= 0.3 is 0 Å². The van der Waals surface area contributed by atoms with Crippen molar-refractivity contribution in [3.8, 4) is 5.75 Å². The number of benzene rings is 3. The van der Waals surface area contributed by atoms with E-state index in [2.05, 4.69) is 84.1 Å². The maximum Gasteiger partial charge on any atom is 0.119 e. The highest BCUT2D eigenvalue weighted by molar-refractivity contribution is 5.86. The van der Waals surface area contributed by atoms with Gasteiger partial charge in [-0.1, -0.05) is 54.6 Å². The van der Waals surface area contributed by atoms with Crippen molar-refractivity contribution in [3.63, 3.8) is 0 Å². The van der Waals surface area contributed by atoms with Gasteiger partial charge in [0.25, 0.3) is 0 Å². The lowest BCUT2D eigenvalue weighted by molar-refractivity contribution is 0.291. The van der Waals surface area contributed by atoms with E-state index in [0.29, 0.717) is 24.6 Å². The number of hydrogen-bond donors (Lipinski definition) is 1. The molecule has 3 aromatic carbocycles. The molecule has 164 valence electrons. The summed E-state index contributed by atoms with van der Waals surface area (Å²) < 4.78 is 7.77. The fourth-order valence-electron chi connectivity index (χ4n) is 5.03. The number of hydrogen-bond acceptors (Lipinski definition) is 3. The maximum absolute atomic E-state index is 5.88. The monoisotopic (exact) mass is 425 g/mol. The van der Waals surface area contributed by atoms with Crippen molar-refractivity contribution in [3.05, 3.63) is 96.3 Å². The Morgan fingerprint density at radius 1 is 1.00 bits per heavy atom. The molecule has 1 fully saturated rings. The van der Waals surface area contributed by atoms with Crippen molar-refractivity contribution < 1.29 is 4.74 Å². The molecule has 1 N–H and O–H groups in total. The SMILES string of the molecule is C[C@@H](N[C@H]1CC[C@@H](c2ccc(OCCn3cccn3)cc2)C1)c1cccc2ccccc12. The van der Waals surface area contributed by atoms with Crippen molar-refractivity contribution in [1.29, 1.82) is 0 Å². The third-order valence-corrected chi connectivity index (χ3v) is 6.71. The Bertz CT molecular complexity index is 1130. The maximum atomic E-state index is 5.88. The van der Waals surface area contributed by atoms with E-state index in [-0.39, 0.29) is 0 Å². The molecule has 1 aromatic heterocycles. The Kier molecular flexibility index (Phi) is 6.22. The molecule has 4 nitrogen and oxygen atoms in total. The Morgan fingerprint density at radius 3 is 2.69 bits per heavy atom. The van der Waals surface area contributed by atoms with Crippen LogP contribution in [-0.4, -0.2) is 22.4 Å². The zero-order valence-corrected chi connectivity index (χ0v) is 18.7. The van der Waals surface area contributed by atoms with Gasteiger partial charge < -0.3 is 10.1 Å². The quantitative estimate of drug-likeness (QED) is 0.371. The first-order valence-electron chi connectivity index (χ1n) is 11.7. The lowest BCUT2D eigenvalue weighted by Gasteiger charge is -2.21. The fourth-order valence-corrected chi connectivity index (χ4v) is 5.03. The molecule has 0 amide bonds. The van der Waals surface area contributed by atoms with Gasteiger partial charge in [-0.05, 0) is 72.2 Å². The summed E-state index contributed by atoms with van der Waals surface area (Å²) in [4.78, 5) is 0. The molecular formula is C28H31N3O. The molecule has 0 spiro atoms. The van der Waals surface area contributed by atoms with Crippen LogP contribution in [0, 0.1) is 0 Å². The average Bonchev–Trinajstić information content (AvgIpc) is 3.52. The Labute approximate surface area is 190 Å². The van der Waals surface area contributed by atoms with Gasteiger partial charge in [0.1, 0.15) is 12.4 Å². The molecule has 1 aliphatic rings. The van der Waals surface area contributed by atoms with Crippen LogP contribution in [0.3, 0.4) is 0 Å². The predicted molar refractivity (Wildman–Crippen MR) is 130 cm³/mol. The molecule has 5 rings (SSSR count). The van der Waals surface area contributed by atoms with Crippen LogP contribution < -0.4 is 10.1 Å². The van der Waals surface area contributed by atoms with Gasteiger partial charge in [0.05, 0.1) is 6.54 Å². The Balaban J connectivity index is 1.15. The van der Waals surface area contributed by atoms with E-state index in [1.165, 1.54) is 41.2 Å². The lowest BCUT2D eigenvalue weighted by Crippen LogP contribution is -2.29. The summed E-state index contributed by atoms with van der Waals surface area (Å²) in [5, 5.41) is 10.8. The summed E-state index contributed by atoms with van der Waals surface area (Å²) in [7, 11) is 0. The molecule has 0 radical (unpaired) electrons. The molecule has 32 heavy (non-hydrogen) atoms. The highest BCUT2D eigenvalue weighted by Crippen LogP contribution is 2.36. The first-order valence-corrected chi connectivity index (χ1v) is 11.7. The van der Waals surface area contributed by atoms with Gasteiger partial charge in [-0.25, -0.2) is 0 Å². The smallest absolute Gasteiger partial charge is 0.119 e. The van der Waals surface area contributed by atoms with Crippen molar-refractivity contribution in [2.45, 2.75) is 50.7 Å². The minimum Gasteiger partial charge on any atom is -0.492 e. The molecule has 4 heteroatoms. The van der Waals surface area contributed by atoms with Crippen LogP contribution in [0.5, 0.6) is 5.75 Å². The molecule has 0 aliphatic heterocycles. The standard InChI is InChI=1S/C28H31N3O/c1-21(27-9-4-7-23-6-2-3-8-28(23)27)30-25-13-10-24(20-25)22-11-14-26(15-12-22)32-19-18-31-17-5-16-29-31/h2-9,11-12,14-17,21,24-25,30H,10,13,18-20H2,1H3/t21-,24-,25+/m1/s1. The number of fused-ring (bicyclic) bond motifs is 1. The molecule has 1 heterocycles. The minimum absolute atomic E-state index is 0.343. The zero-order valence-electron chi connectivity index (χ0n) is 18.7. The van der Waals surface area contributed by atoms with Crippen LogP contribution in [-0.2, 0) is 6.54 Å². The number of nitrogens with zero attached hydrogens (tertiary/aromatic N) is 2. The first kappa shape index (κ1) is 20.8. The van der Waals surface area contributed by atoms with Crippen LogP contribution in [0.2, 0.25) is 0 Å². The lowest BCUT2D eigenvalue weighted by atomic mass is 9.96. The topological polar surface area (TPSA) is 39.1 Å². The van der Waals surface area contributed by atoms with Crippen molar-refractivity contribution in [1.82, 2.24) is 15.1 Å². The molecule has 0 saturated heterocycles. The molecule has 3 atom stereocenters. The van der Waals surface area contributed by atoms with Crippen molar-refractivity contribution >= 4 is 10.8 Å². The molecule has 0 unspecified atom stereocenters. The Morgan fingerprint density at radius 2 is 1.84 bits per heavy atom. The van der Waals surface area contributed by atoms with Crippen molar-refractivity contribution in [2.75, 3.05) is 6.61 Å². The van der Waals surface area contributed by atoms with Crippen LogP contribution in [0.25, 0.3) is 10.8 Å². The summed E-state index contributed by atoms with van der Waals surface area (Å²) in [6.45, 7) is 3.69. The van der Waals surface area contributed by atoms with Gasteiger partial charge in [-0.2, -0.15) is 5.10 Å². The van der Waals surface area contributed by atoms with E-state index in [0.717, 1.165) is 12.3 Å². The van der Waals surface area contributed by atoms with E-state index in [4.69, 9.17) is 4.74 Å².